The van der Waals surface area contributed by atoms with Crippen LogP contribution in [0.1, 0.15) is 23.6 Å². The third-order valence-electron chi connectivity index (χ3n) is 2.12. The number of nitrogens with zero attached hydrogens (tertiary/aromatic N) is 1. The van der Waals surface area contributed by atoms with Gasteiger partial charge in [0, 0.05) is 10.8 Å². The lowest BCUT2D eigenvalue weighted by Gasteiger charge is -2.31. The van der Waals surface area contributed by atoms with Crippen molar-refractivity contribution in [2.75, 3.05) is 0 Å². The summed E-state index contributed by atoms with van der Waals surface area (Å²) >= 11 is 4.98. The minimum atomic E-state index is -0.133. The molecule has 0 saturated heterocycles. The first-order valence-electron chi connectivity index (χ1n) is 3.56. The van der Waals surface area contributed by atoms with Crippen molar-refractivity contribution in [3.8, 4) is 0 Å². The smallest absolute Gasteiger partial charge is 0.120 e. The highest BCUT2D eigenvalue weighted by Gasteiger charge is 2.32. The van der Waals surface area contributed by atoms with Crippen LogP contribution in [0.5, 0.6) is 0 Å². The van der Waals surface area contributed by atoms with E-state index in [2.05, 4.69) is 20.9 Å². The van der Waals surface area contributed by atoms with E-state index in [-0.39, 0.29) is 6.10 Å². The van der Waals surface area contributed by atoms with Crippen LogP contribution in [0.25, 0.3) is 0 Å². The Morgan fingerprint density at radius 2 is 2.45 bits per heavy atom. The highest BCUT2D eigenvalue weighted by molar-refractivity contribution is 9.10. The molecular formula is C7H8BrNOS. The van der Waals surface area contributed by atoms with E-state index in [1.807, 2.05) is 5.51 Å². The van der Waals surface area contributed by atoms with E-state index in [1.54, 1.807) is 11.3 Å². The monoisotopic (exact) mass is 233 g/mol. The SMILES string of the molecule is OC1CCC1c1scnc1Br. The predicted octanol–water partition coefficient (Wildman–Crippen LogP) is 2.14. The molecule has 11 heavy (non-hydrogen) atoms. The van der Waals surface area contributed by atoms with Crippen LogP contribution in [-0.4, -0.2) is 16.2 Å². The zero-order chi connectivity index (χ0) is 7.84. The van der Waals surface area contributed by atoms with Gasteiger partial charge in [-0.25, -0.2) is 4.98 Å². The molecule has 1 fully saturated rings. The Labute approximate surface area is 77.4 Å². The van der Waals surface area contributed by atoms with Crippen LogP contribution in [0.15, 0.2) is 10.1 Å². The van der Waals surface area contributed by atoms with E-state index < -0.39 is 0 Å². The van der Waals surface area contributed by atoms with Crippen LogP contribution in [0.2, 0.25) is 0 Å². The largest absolute Gasteiger partial charge is 0.392 e. The molecule has 1 aliphatic carbocycles. The van der Waals surface area contributed by atoms with Crippen molar-refractivity contribution in [2.24, 2.45) is 0 Å². The number of thiazole rings is 1. The molecule has 4 heteroatoms. The maximum atomic E-state index is 9.36. The third kappa shape index (κ3) is 1.23. The van der Waals surface area contributed by atoms with Gasteiger partial charge in [-0.1, -0.05) is 0 Å². The average Bonchev–Trinajstić information content (AvgIpc) is 2.34. The minimum Gasteiger partial charge on any atom is -0.392 e. The van der Waals surface area contributed by atoms with Gasteiger partial charge < -0.3 is 5.11 Å². The van der Waals surface area contributed by atoms with E-state index in [4.69, 9.17) is 0 Å². The maximum absolute atomic E-state index is 9.36. The van der Waals surface area contributed by atoms with Crippen molar-refractivity contribution in [3.63, 3.8) is 0 Å². The molecule has 1 heterocycles. The molecule has 1 aromatic heterocycles. The number of aliphatic hydroxyl groups is 1. The first-order chi connectivity index (χ1) is 5.29. The molecule has 1 saturated carbocycles. The summed E-state index contributed by atoms with van der Waals surface area (Å²) < 4.78 is 0.909. The second kappa shape index (κ2) is 2.84. The Morgan fingerprint density at radius 3 is 2.82 bits per heavy atom. The lowest BCUT2D eigenvalue weighted by Crippen LogP contribution is -2.28. The van der Waals surface area contributed by atoms with Gasteiger partial charge in [-0.15, -0.1) is 11.3 Å². The summed E-state index contributed by atoms with van der Waals surface area (Å²) in [6.07, 6.45) is 1.91. The van der Waals surface area contributed by atoms with Gasteiger partial charge in [0.15, 0.2) is 0 Å². The number of hydrogen-bond donors (Lipinski definition) is 1. The molecule has 0 bridgehead atoms. The number of halogens is 1. The molecule has 0 radical (unpaired) electrons. The summed E-state index contributed by atoms with van der Waals surface area (Å²) in [6, 6.07) is 0. The second-order valence-corrected chi connectivity index (χ2v) is 4.40. The Kier molecular flexibility index (Phi) is 1.99. The fraction of sp³-hybridized carbons (Fsp3) is 0.571. The Hall–Kier alpha value is 0.0700. The third-order valence-corrected chi connectivity index (χ3v) is 3.98. The van der Waals surface area contributed by atoms with Crippen molar-refractivity contribution in [1.82, 2.24) is 4.98 Å². The van der Waals surface area contributed by atoms with Crippen LogP contribution in [0, 0.1) is 0 Å². The minimum absolute atomic E-state index is 0.133. The lowest BCUT2D eigenvalue weighted by molar-refractivity contribution is 0.0673. The van der Waals surface area contributed by atoms with E-state index >= 15 is 0 Å². The quantitative estimate of drug-likeness (QED) is 0.807. The van der Waals surface area contributed by atoms with Crippen LogP contribution in [0.4, 0.5) is 0 Å². The second-order valence-electron chi connectivity index (χ2n) is 2.76. The van der Waals surface area contributed by atoms with Crippen LogP contribution in [0.3, 0.4) is 0 Å². The molecule has 1 aliphatic rings. The van der Waals surface area contributed by atoms with Crippen LogP contribution >= 0.6 is 27.3 Å². The van der Waals surface area contributed by atoms with Gasteiger partial charge in [0.1, 0.15) is 4.60 Å². The lowest BCUT2D eigenvalue weighted by atomic mass is 9.81. The van der Waals surface area contributed by atoms with Crippen LogP contribution in [-0.2, 0) is 0 Å². The first kappa shape index (κ1) is 7.71. The van der Waals surface area contributed by atoms with Crippen molar-refractivity contribution in [1.29, 1.82) is 0 Å². The number of hydrogen-bond acceptors (Lipinski definition) is 3. The Balaban J connectivity index is 2.22. The number of aliphatic hydroxyl groups excluding tert-OH is 1. The molecule has 2 atom stereocenters. The topological polar surface area (TPSA) is 33.1 Å². The van der Waals surface area contributed by atoms with Gasteiger partial charge in [-0.05, 0) is 28.8 Å². The average molecular weight is 234 g/mol. The molecule has 1 aromatic rings. The Bertz CT molecular complexity index is 263. The fourth-order valence-electron chi connectivity index (χ4n) is 1.27. The molecule has 0 spiro atoms. The summed E-state index contributed by atoms with van der Waals surface area (Å²) in [4.78, 5) is 5.28. The molecule has 1 N–H and O–H groups in total. The summed E-state index contributed by atoms with van der Waals surface area (Å²) in [6.45, 7) is 0. The van der Waals surface area contributed by atoms with Gasteiger partial charge in [-0.3, -0.25) is 0 Å². The summed E-state index contributed by atoms with van der Waals surface area (Å²) in [5.74, 6) is 0.344. The number of aromatic nitrogens is 1. The molecule has 0 amide bonds. The molecule has 0 aromatic carbocycles. The summed E-state index contributed by atoms with van der Waals surface area (Å²) in [5, 5.41) is 9.36. The van der Waals surface area contributed by atoms with E-state index in [1.165, 1.54) is 4.88 Å². The standard InChI is InChI=1S/C7H8BrNOS/c8-7-6(11-3-9-7)4-1-2-5(4)10/h3-5,10H,1-2H2. The molecule has 0 aliphatic heterocycles. The maximum Gasteiger partial charge on any atom is 0.120 e. The zero-order valence-corrected chi connectivity index (χ0v) is 8.23. The predicted molar refractivity (Wildman–Crippen MR) is 47.8 cm³/mol. The van der Waals surface area contributed by atoms with Crippen molar-refractivity contribution >= 4 is 27.3 Å². The molecule has 2 nitrogen and oxygen atoms in total. The summed E-state index contributed by atoms with van der Waals surface area (Å²) in [5.41, 5.74) is 1.81. The van der Waals surface area contributed by atoms with Gasteiger partial charge in [0.05, 0.1) is 11.6 Å². The van der Waals surface area contributed by atoms with Crippen LogP contribution < -0.4 is 0 Å². The normalized spacial score (nSPS) is 30.0. The highest BCUT2D eigenvalue weighted by Crippen LogP contribution is 2.41. The molecule has 2 unspecified atom stereocenters. The van der Waals surface area contributed by atoms with Crippen molar-refractivity contribution in [3.05, 3.63) is 15.0 Å². The molecular weight excluding hydrogens is 226 g/mol. The first-order valence-corrected chi connectivity index (χ1v) is 5.23. The van der Waals surface area contributed by atoms with E-state index in [0.717, 1.165) is 17.4 Å². The fourth-order valence-corrected chi connectivity index (χ4v) is 2.95. The van der Waals surface area contributed by atoms with E-state index in [9.17, 15) is 5.11 Å². The summed E-state index contributed by atoms with van der Waals surface area (Å²) in [7, 11) is 0. The molecule has 60 valence electrons. The van der Waals surface area contributed by atoms with E-state index in [0.29, 0.717) is 5.92 Å². The van der Waals surface area contributed by atoms with Gasteiger partial charge in [0.2, 0.25) is 0 Å². The highest BCUT2D eigenvalue weighted by atomic mass is 79.9. The van der Waals surface area contributed by atoms with Crippen molar-refractivity contribution in [2.45, 2.75) is 24.9 Å². The van der Waals surface area contributed by atoms with Gasteiger partial charge in [0.25, 0.3) is 0 Å². The number of rotatable bonds is 1. The van der Waals surface area contributed by atoms with Gasteiger partial charge >= 0.3 is 0 Å². The molecule has 2 rings (SSSR count). The van der Waals surface area contributed by atoms with Crippen molar-refractivity contribution < 1.29 is 5.11 Å². The van der Waals surface area contributed by atoms with Gasteiger partial charge in [-0.2, -0.15) is 0 Å². The zero-order valence-electron chi connectivity index (χ0n) is 5.83. The Morgan fingerprint density at radius 1 is 1.64 bits per heavy atom.